The molecule has 1 amide bonds. The first kappa shape index (κ1) is 22.7. The number of nitrogens with one attached hydrogen (secondary N) is 2. The van der Waals surface area contributed by atoms with Crippen molar-refractivity contribution in [1.82, 2.24) is 15.5 Å². The summed E-state index contributed by atoms with van der Waals surface area (Å²) >= 11 is 0. The predicted molar refractivity (Wildman–Crippen MR) is 119 cm³/mol. The van der Waals surface area contributed by atoms with Crippen LogP contribution in [0.15, 0.2) is 35.3 Å². The number of carbonyl (C=O) groups is 1. The minimum absolute atomic E-state index is 0. The van der Waals surface area contributed by atoms with Crippen molar-refractivity contribution in [2.24, 2.45) is 10.4 Å². The average Bonchev–Trinajstić information content (AvgIpc) is 3.07. The summed E-state index contributed by atoms with van der Waals surface area (Å²) in [5.41, 5.74) is 1.05. The summed E-state index contributed by atoms with van der Waals surface area (Å²) in [4.78, 5) is 18.9. The molecule has 6 heteroatoms. The standard InChI is InChI=1S/C20H32N4O.HI/c1-5-21-19(23-13-12-22-18(25)20(2,3)4)24-14-11-17(15-24)16-9-7-6-8-10-16;/h6-10,17H,5,11-15H2,1-4H3,(H,21,23)(H,22,25);1H. The molecule has 0 aromatic heterocycles. The molecule has 2 N–H and O–H groups in total. The van der Waals surface area contributed by atoms with Crippen LogP contribution < -0.4 is 10.6 Å². The van der Waals surface area contributed by atoms with Crippen molar-refractivity contribution in [3.63, 3.8) is 0 Å². The molecule has 26 heavy (non-hydrogen) atoms. The van der Waals surface area contributed by atoms with Gasteiger partial charge in [-0.15, -0.1) is 24.0 Å². The monoisotopic (exact) mass is 472 g/mol. The highest BCUT2D eigenvalue weighted by molar-refractivity contribution is 14.0. The third kappa shape index (κ3) is 6.78. The van der Waals surface area contributed by atoms with E-state index in [1.165, 1.54) is 5.56 Å². The maximum absolute atomic E-state index is 11.9. The van der Waals surface area contributed by atoms with Crippen molar-refractivity contribution < 1.29 is 4.79 Å². The van der Waals surface area contributed by atoms with Crippen LogP contribution in [0.5, 0.6) is 0 Å². The minimum atomic E-state index is -0.355. The molecule has 1 aromatic carbocycles. The lowest BCUT2D eigenvalue weighted by molar-refractivity contribution is -0.128. The van der Waals surface area contributed by atoms with Gasteiger partial charge in [0.25, 0.3) is 0 Å². The number of rotatable bonds is 5. The van der Waals surface area contributed by atoms with Crippen LogP contribution in [0.3, 0.4) is 0 Å². The summed E-state index contributed by atoms with van der Waals surface area (Å²) in [6, 6.07) is 10.7. The molecule has 0 bridgehead atoms. The Morgan fingerprint density at radius 3 is 2.54 bits per heavy atom. The summed E-state index contributed by atoms with van der Waals surface area (Å²) < 4.78 is 0. The molecule has 1 aliphatic heterocycles. The van der Waals surface area contributed by atoms with E-state index < -0.39 is 0 Å². The minimum Gasteiger partial charge on any atom is -0.357 e. The summed E-state index contributed by atoms with van der Waals surface area (Å²) in [5, 5.41) is 6.33. The zero-order chi connectivity index (χ0) is 18.3. The normalized spacial score (nSPS) is 17.6. The molecule has 1 saturated heterocycles. The fraction of sp³-hybridized carbons (Fsp3) is 0.600. The second kappa shape index (κ2) is 10.7. The van der Waals surface area contributed by atoms with E-state index in [1.54, 1.807) is 0 Å². The zero-order valence-electron chi connectivity index (χ0n) is 16.4. The van der Waals surface area contributed by atoms with Gasteiger partial charge in [-0.3, -0.25) is 9.79 Å². The van der Waals surface area contributed by atoms with Crippen LogP contribution >= 0.6 is 24.0 Å². The van der Waals surface area contributed by atoms with Crippen LogP contribution in [-0.4, -0.2) is 49.5 Å². The first-order valence-corrected chi connectivity index (χ1v) is 9.28. The molecule has 1 atom stereocenters. The summed E-state index contributed by atoms with van der Waals surface area (Å²) in [6.07, 6.45) is 1.15. The SMILES string of the molecule is CCNC(=NCCNC(=O)C(C)(C)C)N1CCC(c2ccccc2)C1.I. The molecular weight excluding hydrogens is 439 g/mol. The van der Waals surface area contributed by atoms with Crippen molar-refractivity contribution in [2.75, 3.05) is 32.7 Å². The Labute approximate surface area is 175 Å². The lowest BCUT2D eigenvalue weighted by Crippen LogP contribution is -2.41. The number of aliphatic imine (C=N–C) groups is 1. The maximum Gasteiger partial charge on any atom is 0.225 e. The Hall–Kier alpha value is -1.31. The second-order valence-electron chi connectivity index (χ2n) is 7.58. The van der Waals surface area contributed by atoms with Crippen molar-refractivity contribution in [3.8, 4) is 0 Å². The summed E-state index contributed by atoms with van der Waals surface area (Å²) in [7, 11) is 0. The summed E-state index contributed by atoms with van der Waals surface area (Å²) in [5.74, 6) is 1.58. The predicted octanol–water partition coefficient (Wildman–Crippen LogP) is 3.22. The lowest BCUT2D eigenvalue weighted by atomic mass is 9.96. The molecule has 1 fully saturated rings. The average molecular weight is 472 g/mol. The van der Waals surface area contributed by atoms with Crippen LogP contribution in [0.1, 0.15) is 45.6 Å². The molecule has 0 saturated carbocycles. The fourth-order valence-corrected chi connectivity index (χ4v) is 2.97. The quantitative estimate of drug-likeness (QED) is 0.300. The van der Waals surface area contributed by atoms with Gasteiger partial charge in [-0.05, 0) is 18.9 Å². The van der Waals surface area contributed by atoms with Crippen molar-refractivity contribution in [3.05, 3.63) is 35.9 Å². The lowest BCUT2D eigenvalue weighted by Gasteiger charge is -2.22. The molecule has 0 radical (unpaired) electrons. The third-order valence-electron chi connectivity index (χ3n) is 4.43. The van der Waals surface area contributed by atoms with E-state index in [0.29, 0.717) is 19.0 Å². The van der Waals surface area contributed by atoms with Crippen LogP contribution in [0.4, 0.5) is 0 Å². The first-order valence-electron chi connectivity index (χ1n) is 9.28. The summed E-state index contributed by atoms with van der Waals surface area (Å²) in [6.45, 7) is 11.9. The Bertz CT molecular complexity index is 583. The zero-order valence-corrected chi connectivity index (χ0v) is 18.7. The number of carbonyl (C=O) groups excluding carboxylic acids is 1. The molecular formula is C20H33IN4O. The second-order valence-corrected chi connectivity index (χ2v) is 7.58. The van der Waals surface area contributed by atoms with Gasteiger partial charge in [0, 0.05) is 37.5 Å². The highest BCUT2D eigenvalue weighted by Gasteiger charge is 2.26. The largest absolute Gasteiger partial charge is 0.357 e. The molecule has 1 aromatic rings. The number of likely N-dealkylation sites (tertiary alicyclic amines) is 1. The van der Waals surface area contributed by atoms with Crippen LogP contribution in [-0.2, 0) is 4.79 Å². The Morgan fingerprint density at radius 1 is 1.23 bits per heavy atom. The highest BCUT2D eigenvalue weighted by Crippen LogP contribution is 2.26. The molecule has 5 nitrogen and oxygen atoms in total. The van der Waals surface area contributed by atoms with Crippen LogP contribution in [0, 0.1) is 5.41 Å². The molecule has 1 unspecified atom stereocenters. The molecule has 0 spiro atoms. The van der Waals surface area contributed by atoms with Gasteiger partial charge < -0.3 is 15.5 Å². The van der Waals surface area contributed by atoms with Crippen molar-refractivity contribution >= 4 is 35.8 Å². The number of amides is 1. The van der Waals surface area contributed by atoms with Gasteiger partial charge in [0.05, 0.1) is 6.54 Å². The van der Waals surface area contributed by atoms with E-state index >= 15 is 0 Å². The van der Waals surface area contributed by atoms with E-state index in [0.717, 1.165) is 32.0 Å². The van der Waals surface area contributed by atoms with Gasteiger partial charge in [0.1, 0.15) is 0 Å². The number of nitrogens with zero attached hydrogens (tertiary/aromatic N) is 2. The first-order chi connectivity index (χ1) is 11.9. The van der Waals surface area contributed by atoms with Gasteiger partial charge in [-0.2, -0.15) is 0 Å². The van der Waals surface area contributed by atoms with Crippen LogP contribution in [0.25, 0.3) is 0 Å². The van der Waals surface area contributed by atoms with Gasteiger partial charge in [0.2, 0.25) is 5.91 Å². The van der Waals surface area contributed by atoms with Gasteiger partial charge >= 0.3 is 0 Å². The number of halogens is 1. The van der Waals surface area contributed by atoms with E-state index in [1.807, 2.05) is 20.8 Å². The van der Waals surface area contributed by atoms with Crippen molar-refractivity contribution in [1.29, 1.82) is 0 Å². The van der Waals surface area contributed by atoms with Gasteiger partial charge in [-0.25, -0.2) is 0 Å². The van der Waals surface area contributed by atoms with Crippen LogP contribution in [0.2, 0.25) is 0 Å². The molecule has 1 heterocycles. The number of hydrogen-bond donors (Lipinski definition) is 2. The van der Waals surface area contributed by atoms with E-state index in [9.17, 15) is 4.79 Å². The van der Waals surface area contributed by atoms with E-state index in [2.05, 4.69) is 52.8 Å². The number of hydrogen-bond acceptors (Lipinski definition) is 2. The highest BCUT2D eigenvalue weighted by atomic mass is 127. The maximum atomic E-state index is 11.9. The fourth-order valence-electron chi connectivity index (χ4n) is 2.97. The number of benzene rings is 1. The topological polar surface area (TPSA) is 56.7 Å². The molecule has 1 aliphatic rings. The van der Waals surface area contributed by atoms with Gasteiger partial charge in [0.15, 0.2) is 5.96 Å². The van der Waals surface area contributed by atoms with Crippen molar-refractivity contribution in [2.45, 2.75) is 40.0 Å². The van der Waals surface area contributed by atoms with E-state index in [4.69, 9.17) is 4.99 Å². The molecule has 146 valence electrons. The van der Waals surface area contributed by atoms with E-state index in [-0.39, 0.29) is 35.3 Å². The van der Waals surface area contributed by atoms with Gasteiger partial charge in [-0.1, -0.05) is 51.1 Å². The number of guanidine groups is 1. The third-order valence-corrected chi connectivity index (χ3v) is 4.43. The molecule has 0 aliphatic carbocycles. The smallest absolute Gasteiger partial charge is 0.225 e. The Balaban J connectivity index is 0.00000338. The molecule has 2 rings (SSSR count). The Kier molecular flexibility index (Phi) is 9.39. The Morgan fingerprint density at radius 2 is 1.92 bits per heavy atom.